The van der Waals surface area contributed by atoms with E-state index >= 15 is 0 Å². The zero-order valence-corrected chi connectivity index (χ0v) is 8.23. The number of halogens is 1. The molecule has 14 heavy (non-hydrogen) atoms. The summed E-state index contributed by atoms with van der Waals surface area (Å²) >= 11 is 5.63. The molecule has 0 bridgehead atoms. The van der Waals surface area contributed by atoms with E-state index in [4.69, 9.17) is 11.6 Å². The Bertz CT molecular complexity index is 439. The molecule has 0 aliphatic carbocycles. The van der Waals surface area contributed by atoms with Crippen LogP contribution in [0.3, 0.4) is 0 Å². The monoisotopic (exact) mass is 209 g/mol. The molecule has 2 aromatic rings. The molecule has 1 N–H and O–H groups in total. The Morgan fingerprint density at radius 1 is 1.50 bits per heavy atom. The van der Waals surface area contributed by atoms with Gasteiger partial charge in [0.2, 0.25) is 5.28 Å². The van der Waals surface area contributed by atoms with Gasteiger partial charge < -0.3 is 5.32 Å². The number of hydrogen-bond donors (Lipinski definition) is 1. The molecule has 0 aromatic carbocycles. The van der Waals surface area contributed by atoms with Crippen molar-refractivity contribution >= 4 is 23.1 Å². The van der Waals surface area contributed by atoms with Gasteiger partial charge in [-0.3, -0.25) is 4.68 Å². The van der Waals surface area contributed by atoms with Gasteiger partial charge in [0.15, 0.2) is 0 Å². The van der Waals surface area contributed by atoms with E-state index < -0.39 is 0 Å². The molecule has 0 radical (unpaired) electrons. The summed E-state index contributed by atoms with van der Waals surface area (Å²) in [5.41, 5.74) is 0.863. The zero-order chi connectivity index (χ0) is 9.97. The molecule has 0 spiro atoms. The van der Waals surface area contributed by atoms with Crippen LogP contribution >= 0.6 is 11.6 Å². The highest BCUT2D eigenvalue weighted by atomic mass is 35.5. The summed E-state index contributed by atoms with van der Waals surface area (Å²) in [5, 5.41) is 7.28. The van der Waals surface area contributed by atoms with Crippen LogP contribution in [-0.2, 0) is 7.05 Å². The van der Waals surface area contributed by atoms with Crippen LogP contribution in [0.2, 0.25) is 5.28 Å². The summed E-state index contributed by atoms with van der Waals surface area (Å²) in [6.45, 7) is 0. The van der Waals surface area contributed by atoms with E-state index in [-0.39, 0.29) is 5.28 Å². The molecular formula is C8H8ClN5. The summed E-state index contributed by atoms with van der Waals surface area (Å²) in [5.74, 6) is 0.651. The van der Waals surface area contributed by atoms with Gasteiger partial charge in [0.25, 0.3) is 0 Å². The quantitative estimate of drug-likeness (QED) is 0.764. The number of anilines is 2. The third kappa shape index (κ3) is 2.00. The van der Waals surface area contributed by atoms with Gasteiger partial charge >= 0.3 is 0 Å². The van der Waals surface area contributed by atoms with Gasteiger partial charge in [-0.1, -0.05) is 0 Å². The first-order chi connectivity index (χ1) is 6.74. The van der Waals surface area contributed by atoms with Crippen molar-refractivity contribution < 1.29 is 0 Å². The molecule has 0 atom stereocenters. The van der Waals surface area contributed by atoms with Crippen LogP contribution in [0.4, 0.5) is 11.5 Å². The maximum atomic E-state index is 5.63. The largest absolute Gasteiger partial charge is 0.338 e. The van der Waals surface area contributed by atoms with E-state index in [1.807, 2.05) is 13.2 Å². The summed E-state index contributed by atoms with van der Waals surface area (Å²) in [6, 6.07) is 1.74. The summed E-state index contributed by atoms with van der Waals surface area (Å²) in [4.78, 5) is 7.76. The van der Waals surface area contributed by atoms with Crippen LogP contribution in [0.15, 0.2) is 24.7 Å². The van der Waals surface area contributed by atoms with Crippen LogP contribution in [0.25, 0.3) is 0 Å². The molecular weight excluding hydrogens is 202 g/mol. The van der Waals surface area contributed by atoms with Gasteiger partial charge in [-0.15, -0.1) is 0 Å². The molecule has 2 rings (SSSR count). The van der Waals surface area contributed by atoms with Gasteiger partial charge in [0.05, 0.1) is 11.9 Å². The minimum absolute atomic E-state index is 0.221. The van der Waals surface area contributed by atoms with Crippen molar-refractivity contribution in [1.82, 2.24) is 19.7 Å². The van der Waals surface area contributed by atoms with Crippen molar-refractivity contribution in [2.24, 2.45) is 7.05 Å². The Morgan fingerprint density at radius 3 is 3.00 bits per heavy atom. The van der Waals surface area contributed by atoms with Gasteiger partial charge in [0, 0.05) is 19.4 Å². The maximum absolute atomic E-state index is 5.63. The molecule has 6 heteroatoms. The Labute approximate surface area is 85.8 Å². The molecule has 72 valence electrons. The maximum Gasteiger partial charge on any atom is 0.224 e. The fourth-order valence-corrected chi connectivity index (χ4v) is 1.19. The smallest absolute Gasteiger partial charge is 0.224 e. The lowest BCUT2D eigenvalue weighted by Gasteiger charge is -2.00. The van der Waals surface area contributed by atoms with E-state index in [9.17, 15) is 0 Å². The molecule has 2 heterocycles. The highest BCUT2D eigenvalue weighted by Crippen LogP contribution is 2.13. The summed E-state index contributed by atoms with van der Waals surface area (Å²) in [6.07, 6.45) is 5.14. The van der Waals surface area contributed by atoms with Gasteiger partial charge in [-0.2, -0.15) is 5.10 Å². The summed E-state index contributed by atoms with van der Waals surface area (Å²) in [7, 11) is 1.85. The van der Waals surface area contributed by atoms with E-state index in [2.05, 4.69) is 20.4 Å². The first-order valence-corrected chi connectivity index (χ1v) is 4.36. The first-order valence-electron chi connectivity index (χ1n) is 3.98. The third-order valence-electron chi connectivity index (χ3n) is 1.60. The lowest BCUT2D eigenvalue weighted by Crippen LogP contribution is -1.93. The Kier molecular flexibility index (Phi) is 2.32. The minimum Gasteiger partial charge on any atom is -0.338 e. The van der Waals surface area contributed by atoms with Gasteiger partial charge in [0.1, 0.15) is 5.82 Å². The zero-order valence-electron chi connectivity index (χ0n) is 7.48. The number of hydrogen-bond acceptors (Lipinski definition) is 4. The lowest BCUT2D eigenvalue weighted by molar-refractivity contribution is 0.768. The second-order valence-corrected chi connectivity index (χ2v) is 3.08. The molecule has 5 nitrogen and oxygen atoms in total. The molecule has 0 aliphatic heterocycles. The second kappa shape index (κ2) is 3.63. The topological polar surface area (TPSA) is 55.6 Å². The van der Waals surface area contributed by atoms with Crippen molar-refractivity contribution in [2.75, 3.05) is 5.32 Å². The highest BCUT2D eigenvalue weighted by molar-refractivity contribution is 6.28. The van der Waals surface area contributed by atoms with Gasteiger partial charge in [-0.25, -0.2) is 9.97 Å². The molecule has 0 aliphatic rings. The second-order valence-electron chi connectivity index (χ2n) is 2.74. The van der Waals surface area contributed by atoms with Crippen molar-refractivity contribution in [3.8, 4) is 0 Å². The van der Waals surface area contributed by atoms with Crippen molar-refractivity contribution in [1.29, 1.82) is 0 Å². The predicted molar refractivity (Wildman–Crippen MR) is 53.5 cm³/mol. The molecule has 0 unspecified atom stereocenters. The van der Waals surface area contributed by atoms with Crippen molar-refractivity contribution in [2.45, 2.75) is 0 Å². The van der Waals surface area contributed by atoms with Crippen molar-refractivity contribution in [3.05, 3.63) is 29.9 Å². The standard InChI is InChI=1S/C8H8ClN5/c1-14-5-6(4-11-14)12-7-2-3-10-8(9)13-7/h2-5H,1H3,(H,10,12,13). The van der Waals surface area contributed by atoms with E-state index in [1.165, 1.54) is 0 Å². The van der Waals surface area contributed by atoms with Crippen LogP contribution in [0.5, 0.6) is 0 Å². The fraction of sp³-hybridized carbons (Fsp3) is 0.125. The predicted octanol–water partition coefficient (Wildman–Crippen LogP) is 1.61. The molecule has 2 aromatic heterocycles. The summed E-state index contributed by atoms with van der Waals surface area (Å²) < 4.78 is 1.70. The van der Waals surface area contributed by atoms with Crippen LogP contribution < -0.4 is 5.32 Å². The van der Waals surface area contributed by atoms with E-state index in [1.54, 1.807) is 23.1 Å². The minimum atomic E-state index is 0.221. The Balaban J connectivity index is 2.18. The van der Waals surface area contributed by atoms with Crippen molar-refractivity contribution in [3.63, 3.8) is 0 Å². The highest BCUT2D eigenvalue weighted by Gasteiger charge is 1.98. The van der Waals surface area contributed by atoms with Crippen LogP contribution in [0, 0.1) is 0 Å². The normalized spacial score (nSPS) is 10.1. The fourth-order valence-electron chi connectivity index (χ4n) is 1.04. The Morgan fingerprint density at radius 2 is 2.36 bits per heavy atom. The average molecular weight is 210 g/mol. The molecule has 0 amide bonds. The molecule has 0 fully saturated rings. The first kappa shape index (κ1) is 8.96. The SMILES string of the molecule is Cn1cc(Nc2ccnc(Cl)n2)cn1. The van der Waals surface area contributed by atoms with Gasteiger partial charge in [-0.05, 0) is 17.7 Å². The number of rotatable bonds is 2. The lowest BCUT2D eigenvalue weighted by atomic mass is 10.5. The Hall–Kier alpha value is -1.62. The number of nitrogens with zero attached hydrogens (tertiary/aromatic N) is 4. The number of nitrogens with one attached hydrogen (secondary N) is 1. The molecule has 0 saturated heterocycles. The van der Waals surface area contributed by atoms with E-state index in [0.29, 0.717) is 5.82 Å². The number of aromatic nitrogens is 4. The van der Waals surface area contributed by atoms with Crippen LogP contribution in [-0.4, -0.2) is 19.7 Å². The molecule has 0 saturated carbocycles. The third-order valence-corrected chi connectivity index (χ3v) is 1.79. The average Bonchev–Trinajstić information content (AvgIpc) is 2.51. The van der Waals surface area contributed by atoms with Crippen LogP contribution in [0.1, 0.15) is 0 Å². The number of aryl methyl sites for hydroxylation is 1. The van der Waals surface area contributed by atoms with E-state index in [0.717, 1.165) is 5.69 Å².